The zero-order chi connectivity index (χ0) is 18.1. The van der Waals surface area contributed by atoms with Gasteiger partial charge in [-0.15, -0.1) is 0 Å². The van der Waals surface area contributed by atoms with Crippen LogP contribution < -0.4 is 0 Å². The molecular formula is C21H20FN3O. The molecule has 3 aromatic rings. The highest BCUT2D eigenvalue weighted by molar-refractivity contribution is 5.82. The van der Waals surface area contributed by atoms with Crippen LogP contribution in [0.25, 0.3) is 11.3 Å². The maximum atomic E-state index is 13.2. The highest BCUT2D eigenvalue weighted by Crippen LogP contribution is 2.26. The van der Waals surface area contributed by atoms with Crippen molar-refractivity contribution < 1.29 is 9.18 Å². The van der Waals surface area contributed by atoms with Gasteiger partial charge in [-0.1, -0.05) is 24.3 Å². The molecule has 5 heteroatoms. The van der Waals surface area contributed by atoms with Gasteiger partial charge in [0.05, 0.1) is 12.1 Å². The first-order valence-corrected chi connectivity index (χ1v) is 8.76. The monoisotopic (exact) mass is 349 g/mol. The molecule has 1 amide bonds. The van der Waals surface area contributed by atoms with Crippen LogP contribution in [0.3, 0.4) is 0 Å². The van der Waals surface area contributed by atoms with Crippen LogP contribution in [0.5, 0.6) is 0 Å². The Morgan fingerprint density at radius 2 is 1.88 bits per heavy atom. The number of rotatable bonds is 3. The van der Waals surface area contributed by atoms with Crippen LogP contribution in [0.2, 0.25) is 0 Å². The highest BCUT2D eigenvalue weighted by Gasteiger charge is 2.23. The molecule has 1 aliphatic rings. The molecule has 0 atom stereocenters. The molecule has 2 heterocycles. The largest absolute Gasteiger partial charge is 0.338 e. The van der Waals surface area contributed by atoms with Gasteiger partial charge in [-0.05, 0) is 48.7 Å². The number of nitrogens with one attached hydrogen (secondary N) is 1. The van der Waals surface area contributed by atoms with E-state index in [9.17, 15) is 9.18 Å². The van der Waals surface area contributed by atoms with Crippen molar-refractivity contribution in [1.82, 2.24) is 15.1 Å². The van der Waals surface area contributed by atoms with Gasteiger partial charge in [0.25, 0.3) is 0 Å². The van der Waals surface area contributed by atoms with Crippen LogP contribution in [0.4, 0.5) is 4.39 Å². The second-order valence-corrected chi connectivity index (χ2v) is 6.69. The SMILES string of the molecule is Cc1[nH]nc(-c2ccc(F)cc2)c1CC(=O)N1CCc2ccccc2C1. The van der Waals surface area contributed by atoms with E-state index in [4.69, 9.17) is 0 Å². The van der Waals surface area contributed by atoms with Crippen LogP contribution in [0.1, 0.15) is 22.4 Å². The minimum absolute atomic E-state index is 0.0902. The average molecular weight is 349 g/mol. The van der Waals surface area contributed by atoms with Crippen molar-refractivity contribution in [3.05, 3.63) is 76.7 Å². The second-order valence-electron chi connectivity index (χ2n) is 6.69. The number of hydrogen-bond donors (Lipinski definition) is 1. The fourth-order valence-electron chi connectivity index (χ4n) is 3.49. The van der Waals surface area contributed by atoms with Crippen LogP contribution in [-0.4, -0.2) is 27.5 Å². The van der Waals surface area contributed by atoms with Crippen molar-refractivity contribution in [1.29, 1.82) is 0 Å². The fourth-order valence-corrected chi connectivity index (χ4v) is 3.49. The minimum Gasteiger partial charge on any atom is -0.338 e. The standard InChI is InChI=1S/C21H20FN3O/c1-14-19(21(24-23-14)16-6-8-18(22)9-7-16)12-20(26)25-11-10-15-4-2-3-5-17(15)13-25/h2-9H,10-13H2,1H3,(H,23,24). The van der Waals surface area contributed by atoms with Crippen molar-refractivity contribution in [2.24, 2.45) is 0 Å². The molecule has 0 fully saturated rings. The van der Waals surface area contributed by atoms with E-state index < -0.39 is 0 Å². The molecule has 0 unspecified atom stereocenters. The van der Waals surface area contributed by atoms with Gasteiger partial charge < -0.3 is 4.90 Å². The Labute approximate surface area is 151 Å². The highest BCUT2D eigenvalue weighted by atomic mass is 19.1. The predicted molar refractivity (Wildman–Crippen MR) is 98.0 cm³/mol. The summed E-state index contributed by atoms with van der Waals surface area (Å²) < 4.78 is 13.2. The number of halogens is 1. The lowest BCUT2D eigenvalue weighted by atomic mass is 9.98. The number of fused-ring (bicyclic) bond motifs is 1. The number of aryl methyl sites for hydroxylation is 1. The van der Waals surface area contributed by atoms with E-state index in [1.807, 2.05) is 24.0 Å². The number of aromatic nitrogens is 2. The van der Waals surface area contributed by atoms with E-state index >= 15 is 0 Å². The molecule has 4 nitrogen and oxygen atoms in total. The zero-order valence-corrected chi connectivity index (χ0v) is 14.6. The Morgan fingerprint density at radius 1 is 1.15 bits per heavy atom. The van der Waals surface area contributed by atoms with Crippen molar-refractivity contribution in [2.45, 2.75) is 26.3 Å². The third-order valence-corrected chi connectivity index (χ3v) is 5.00. The van der Waals surface area contributed by atoms with E-state index in [0.717, 1.165) is 29.8 Å². The van der Waals surface area contributed by atoms with Gasteiger partial charge in [0, 0.05) is 29.9 Å². The number of benzene rings is 2. The van der Waals surface area contributed by atoms with Crippen molar-refractivity contribution in [2.75, 3.05) is 6.54 Å². The van der Waals surface area contributed by atoms with Gasteiger partial charge in [-0.25, -0.2) is 4.39 Å². The molecule has 0 saturated heterocycles. The van der Waals surface area contributed by atoms with Gasteiger partial charge in [0.2, 0.25) is 5.91 Å². The maximum absolute atomic E-state index is 13.2. The number of carbonyl (C=O) groups is 1. The lowest BCUT2D eigenvalue weighted by molar-refractivity contribution is -0.131. The Kier molecular flexibility index (Phi) is 4.29. The summed E-state index contributed by atoms with van der Waals surface area (Å²) in [6, 6.07) is 14.5. The van der Waals surface area contributed by atoms with E-state index in [-0.39, 0.29) is 18.1 Å². The Morgan fingerprint density at radius 3 is 2.65 bits per heavy atom. The summed E-state index contributed by atoms with van der Waals surface area (Å²) in [4.78, 5) is 14.8. The van der Waals surface area contributed by atoms with Crippen molar-refractivity contribution in [3.63, 3.8) is 0 Å². The summed E-state index contributed by atoms with van der Waals surface area (Å²) in [5.74, 6) is -0.196. The number of amides is 1. The van der Waals surface area contributed by atoms with Gasteiger partial charge in [0.1, 0.15) is 5.82 Å². The van der Waals surface area contributed by atoms with Gasteiger partial charge >= 0.3 is 0 Å². The third-order valence-electron chi connectivity index (χ3n) is 5.00. The number of H-pyrrole nitrogens is 1. The Bertz CT molecular complexity index is 946. The summed E-state index contributed by atoms with van der Waals surface area (Å²) >= 11 is 0. The molecule has 1 aromatic heterocycles. The molecule has 0 radical (unpaired) electrons. The molecule has 0 bridgehead atoms. The molecule has 4 rings (SSSR count). The molecule has 26 heavy (non-hydrogen) atoms. The lowest BCUT2D eigenvalue weighted by Crippen LogP contribution is -2.37. The van der Waals surface area contributed by atoms with Crippen LogP contribution in [0, 0.1) is 12.7 Å². The third kappa shape index (κ3) is 3.12. The van der Waals surface area contributed by atoms with E-state index in [1.165, 1.54) is 23.3 Å². The summed E-state index contributed by atoms with van der Waals surface area (Å²) in [6.45, 7) is 3.30. The smallest absolute Gasteiger partial charge is 0.227 e. The summed E-state index contributed by atoms with van der Waals surface area (Å²) in [5, 5.41) is 7.29. The van der Waals surface area contributed by atoms with E-state index in [2.05, 4.69) is 22.3 Å². The quantitative estimate of drug-likeness (QED) is 0.785. The molecule has 0 spiro atoms. The molecule has 0 saturated carbocycles. The first-order chi connectivity index (χ1) is 12.6. The number of carbonyl (C=O) groups excluding carboxylic acids is 1. The number of nitrogens with zero attached hydrogens (tertiary/aromatic N) is 2. The number of hydrogen-bond acceptors (Lipinski definition) is 2. The van der Waals surface area contributed by atoms with E-state index in [1.54, 1.807) is 12.1 Å². The van der Waals surface area contributed by atoms with Gasteiger partial charge in [0.15, 0.2) is 0 Å². The van der Waals surface area contributed by atoms with Crippen LogP contribution in [-0.2, 0) is 24.2 Å². The molecule has 2 aromatic carbocycles. The molecule has 1 N–H and O–H groups in total. The summed E-state index contributed by atoms with van der Waals surface area (Å²) in [5.41, 5.74) is 5.81. The second kappa shape index (κ2) is 6.75. The number of aromatic amines is 1. The van der Waals surface area contributed by atoms with Crippen molar-refractivity contribution in [3.8, 4) is 11.3 Å². The van der Waals surface area contributed by atoms with Crippen LogP contribution >= 0.6 is 0 Å². The summed E-state index contributed by atoms with van der Waals surface area (Å²) in [6.07, 6.45) is 1.17. The molecular weight excluding hydrogens is 329 g/mol. The maximum Gasteiger partial charge on any atom is 0.227 e. The zero-order valence-electron chi connectivity index (χ0n) is 14.6. The van der Waals surface area contributed by atoms with Crippen molar-refractivity contribution >= 4 is 5.91 Å². The topological polar surface area (TPSA) is 49.0 Å². The Balaban J connectivity index is 1.55. The Hall–Kier alpha value is -2.95. The first kappa shape index (κ1) is 16.5. The molecule has 1 aliphatic heterocycles. The average Bonchev–Trinajstić information content (AvgIpc) is 3.02. The predicted octanol–water partition coefficient (Wildman–Crippen LogP) is 3.65. The molecule has 0 aliphatic carbocycles. The first-order valence-electron chi connectivity index (χ1n) is 8.76. The van der Waals surface area contributed by atoms with Crippen LogP contribution in [0.15, 0.2) is 48.5 Å². The minimum atomic E-state index is -0.286. The summed E-state index contributed by atoms with van der Waals surface area (Å²) in [7, 11) is 0. The fraction of sp³-hybridized carbons (Fsp3) is 0.238. The normalized spacial score (nSPS) is 13.5. The molecule has 132 valence electrons. The van der Waals surface area contributed by atoms with Gasteiger partial charge in [-0.2, -0.15) is 5.10 Å². The van der Waals surface area contributed by atoms with E-state index in [0.29, 0.717) is 12.2 Å². The lowest BCUT2D eigenvalue weighted by Gasteiger charge is -2.29. The van der Waals surface area contributed by atoms with Gasteiger partial charge in [-0.3, -0.25) is 9.89 Å².